The third kappa shape index (κ3) is 3.62. The first-order chi connectivity index (χ1) is 10.2. The molecule has 110 valence electrons. The Bertz CT molecular complexity index is 551. The van der Waals surface area contributed by atoms with E-state index in [4.69, 9.17) is 5.26 Å². The number of hydrogen-bond acceptors (Lipinski definition) is 3. The van der Waals surface area contributed by atoms with Crippen molar-refractivity contribution in [2.75, 3.05) is 0 Å². The normalized spacial score (nSPS) is 27.1. The van der Waals surface area contributed by atoms with Crippen LogP contribution in [0.4, 0.5) is 0 Å². The number of carbonyl (C=O) groups excluding carboxylic acids is 1. The Morgan fingerprint density at radius 3 is 2.81 bits per heavy atom. The summed E-state index contributed by atoms with van der Waals surface area (Å²) < 4.78 is 0. The van der Waals surface area contributed by atoms with Crippen LogP contribution in [-0.2, 0) is 11.3 Å². The Labute approximate surface area is 125 Å². The molecule has 0 spiro atoms. The molecule has 0 saturated carbocycles. The van der Waals surface area contributed by atoms with E-state index >= 15 is 0 Å². The number of nitriles is 1. The molecule has 3 rings (SSSR count). The molecule has 1 aromatic carbocycles. The van der Waals surface area contributed by atoms with Crippen LogP contribution in [0.2, 0.25) is 0 Å². The third-order valence-corrected chi connectivity index (χ3v) is 4.59. The summed E-state index contributed by atoms with van der Waals surface area (Å²) in [6.07, 6.45) is 5.43. The van der Waals surface area contributed by atoms with E-state index in [1.165, 1.54) is 12.8 Å². The number of hydrogen-bond donors (Lipinski definition) is 2. The van der Waals surface area contributed by atoms with Gasteiger partial charge in [0.2, 0.25) is 5.91 Å². The molecular formula is C17H21N3O. The lowest BCUT2D eigenvalue weighted by molar-refractivity contribution is -0.122. The first kappa shape index (κ1) is 14.1. The van der Waals surface area contributed by atoms with E-state index in [9.17, 15) is 4.79 Å². The molecule has 21 heavy (non-hydrogen) atoms. The van der Waals surface area contributed by atoms with Crippen LogP contribution in [0.15, 0.2) is 24.3 Å². The number of carbonyl (C=O) groups is 1. The second kappa shape index (κ2) is 6.28. The summed E-state index contributed by atoms with van der Waals surface area (Å²) in [4.78, 5) is 12.1. The minimum Gasteiger partial charge on any atom is -0.352 e. The van der Waals surface area contributed by atoms with Gasteiger partial charge in [-0.2, -0.15) is 5.26 Å². The second-order valence-electron chi connectivity index (χ2n) is 6.27. The minimum atomic E-state index is 0.128. The van der Waals surface area contributed by atoms with Crippen LogP contribution >= 0.6 is 0 Å². The van der Waals surface area contributed by atoms with Gasteiger partial charge in [-0.25, -0.2) is 0 Å². The van der Waals surface area contributed by atoms with Crippen molar-refractivity contribution in [3.63, 3.8) is 0 Å². The summed E-state index contributed by atoms with van der Waals surface area (Å²) in [5.41, 5.74) is 1.62. The van der Waals surface area contributed by atoms with Crippen molar-refractivity contribution < 1.29 is 4.79 Å². The molecule has 0 radical (unpaired) electrons. The first-order valence-electron chi connectivity index (χ1n) is 7.74. The average molecular weight is 283 g/mol. The van der Waals surface area contributed by atoms with Gasteiger partial charge in [0, 0.05) is 25.0 Å². The van der Waals surface area contributed by atoms with Gasteiger partial charge >= 0.3 is 0 Å². The average Bonchev–Trinajstić information content (AvgIpc) is 2.84. The molecule has 1 aromatic rings. The molecule has 2 heterocycles. The van der Waals surface area contributed by atoms with Crippen LogP contribution < -0.4 is 10.6 Å². The molecule has 2 fully saturated rings. The van der Waals surface area contributed by atoms with E-state index in [-0.39, 0.29) is 5.91 Å². The highest BCUT2D eigenvalue weighted by Crippen LogP contribution is 2.32. The molecule has 4 heteroatoms. The van der Waals surface area contributed by atoms with Gasteiger partial charge in [-0.05, 0) is 49.3 Å². The Morgan fingerprint density at radius 2 is 2.10 bits per heavy atom. The van der Waals surface area contributed by atoms with Gasteiger partial charge in [-0.15, -0.1) is 0 Å². The molecule has 2 aliphatic heterocycles. The number of nitrogens with one attached hydrogen (secondary N) is 2. The fourth-order valence-corrected chi connectivity index (χ4v) is 3.63. The standard InChI is InChI=1S/C17H21N3O/c18-10-12-2-1-3-13(6-12)11-19-17(21)9-14-7-15-4-5-16(8-14)20-15/h1-3,6,14-16,20H,4-5,7-9,11H2,(H,19,21). The van der Waals surface area contributed by atoms with Gasteiger partial charge in [0.05, 0.1) is 11.6 Å². The summed E-state index contributed by atoms with van der Waals surface area (Å²) in [5.74, 6) is 0.651. The van der Waals surface area contributed by atoms with Crippen LogP contribution in [0, 0.1) is 17.2 Å². The van der Waals surface area contributed by atoms with E-state index in [0.29, 0.717) is 36.5 Å². The van der Waals surface area contributed by atoms with Crippen LogP contribution in [0.5, 0.6) is 0 Å². The SMILES string of the molecule is N#Cc1cccc(CNC(=O)CC2CC3CCC(C2)N3)c1. The molecule has 1 amide bonds. The zero-order valence-electron chi connectivity index (χ0n) is 12.1. The lowest BCUT2D eigenvalue weighted by Gasteiger charge is -2.28. The Kier molecular flexibility index (Phi) is 4.21. The maximum absolute atomic E-state index is 12.1. The summed E-state index contributed by atoms with van der Waals surface area (Å²) >= 11 is 0. The lowest BCUT2D eigenvalue weighted by Crippen LogP contribution is -2.39. The van der Waals surface area contributed by atoms with Crippen LogP contribution in [0.25, 0.3) is 0 Å². The van der Waals surface area contributed by atoms with Crippen molar-refractivity contribution in [3.8, 4) is 6.07 Å². The Balaban J connectivity index is 1.47. The summed E-state index contributed by atoms with van der Waals surface area (Å²) in [6, 6.07) is 10.8. The summed E-state index contributed by atoms with van der Waals surface area (Å²) in [7, 11) is 0. The summed E-state index contributed by atoms with van der Waals surface area (Å²) in [6.45, 7) is 0.506. The molecular weight excluding hydrogens is 262 g/mol. The smallest absolute Gasteiger partial charge is 0.220 e. The van der Waals surface area contributed by atoms with E-state index in [1.807, 2.05) is 18.2 Å². The van der Waals surface area contributed by atoms with Crippen LogP contribution in [-0.4, -0.2) is 18.0 Å². The number of amides is 1. The molecule has 2 aliphatic rings. The van der Waals surface area contributed by atoms with Crippen molar-refractivity contribution >= 4 is 5.91 Å². The molecule has 2 atom stereocenters. The fraction of sp³-hybridized carbons (Fsp3) is 0.529. The largest absolute Gasteiger partial charge is 0.352 e. The van der Waals surface area contributed by atoms with E-state index in [1.54, 1.807) is 6.07 Å². The number of rotatable bonds is 4. The van der Waals surface area contributed by atoms with Gasteiger partial charge in [0.25, 0.3) is 0 Å². The summed E-state index contributed by atoms with van der Waals surface area (Å²) in [5, 5.41) is 15.4. The van der Waals surface area contributed by atoms with E-state index in [0.717, 1.165) is 18.4 Å². The molecule has 0 aliphatic carbocycles. The Morgan fingerprint density at radius 1 is 1.33 bits per heavy atom. The second-order valence-corrected chi connectivity index (χ2v) is 6.27. The molecule has 2 bridgehead atoms. The topological polar surface area (TPSA) is 64.9 Å². The molecule has 4 nitrogen and oxygen atoms in total. The van der Waals surface area contributed by atoms with Gasteiger partial charge < -0.3 is 10.6 Å². The van der Waals surface area contributed by atoms with Crippen molar-refractivity contribution in [2.45, 2.75) is 50.7 Å². The highest BCUT2D eigenvalue weighted by Gasteiger charge is 2.34. The van der Waals surface area contributed by atoms with Crippen molar-refractivity contribution in [2.24, 2.45) is 5.92 Å². The maximum Gasteiger partial charge on any atom is 0.220 e. The molecule has 2 N–H and O–H groups in total. The number of nitrogens with zero attached hydrogens (tertiary/aromatic N) is 1. The molecule has 2 saturated heterocycles. The lowest BCUT2D eigenvalue weighted by atomic mass is 9.89. The first-order valence-corrected chi connectivity index (χ1v) is 7.74. The quantitative estimate of drug-likeness (QED) is 0.889. The Hall–Kier alpha value is -1.86. The minimum absolute atomic E-state index is 0.128. The predicted octanol–water partition coefficient (Wildman–Crippen LogP) is 2.10. The van der Waals surface area contributed by atoms with Gasteiger partial charge in [0.1, 0.15) is 0 Å². The van der Waals surface area contributed by atoms with Crippen molar-refractivity contribution in [1.29, 1.82) is 5.26 Å². The zero-order valence-corrected chi connectivity index (χ0v) is 12.1. The predicted molar refractivity (Wildman–Crippen MR) is 80.3 cm³/mol. The third-order valence-electron chi connectivity index (χ3n) is 4.59. The molecule has 2 unspecified atom stereocenters. The number of benzene rings is 1. The maximum atomic E-state index is 12.1. The highest BCUT2D eigenvalue weighted by atomic mass is 16.1. The number of fused-ring (bicyclic) bond motifs is 2. The number of piperidine rings is 1. The molecule has 0 aromatic heterocycles. The highest BCUT2D eigenvalue weighted by molar-refractivity contribution is 5.76. The van der Waals surface area contributed by atoms with E-state index in [2.05, 4.69) is 16.7 Å². The fourth-order valence-electron chi connectivity index (χ4n) is 3.63. The monoisotopic (exact) mass is 283 g/mol. The van der Waals surface area contributed by atoms with Crippen LogP contribution in [0.3, 0.4) is 0 Å². The van der Waals surface area contributed by atoms with Crippen molar-refractivity contribution in [3.05, 3.63) is 35.4 Å². The van der Waals surface area contributed by atoms with E-state index < -0.39 is 0 Å². The van der Waals surface area contributed by atoms with Gasteiger partial charge in [-0.3, -0.25) is 4.79 Å². The van der Waals surface area contributed by atoms with Crippen molar-refractivity contribution in [1.82, 2.24) is 10.6 Å². The zero-order chi connectivity index (χ0) is 14.7. The van der Waals surface area contributed by atoms with Gasteiger partial charge in [0.15, 0.2) is 0 Å². The van der Waals surface area contributed by atoms with Gasteiger partial charge in [-0.1, -0.05) is 12.1 Å². The van der Waals surface area contributed by atoms with Crippen LogP contribution in [0.1, 0.15) is 43.2 Å².